The van der Waals surface area contributed by atoms with E-state index in [2.05, 4.69) is 0 Å². The molecule has 0 aromatic heterocycles. The van der Waals surface area contributed by atoms with Crippen molar-refractivity contribution in [3.63, 3.8) is 0 Å². The van der Waals surface area contributed by atoms with Gasteiger partial charge in [-0.25, -0.2) is 4.39 Å². The number of hydrogen-bond donors (Lipinski definition) is 0. The molecule has 3 rings (SSSR count). The van der Waals surface area contributed by atoms with Gasteiger partial charge in [0.25, 0.3) is 5.91 Å². The lowest BCUT2D eigenvalue weighted by Crippen LogP contribution is -2.34. The molecule has 26 heavy (non-hydrogen) atoms. The number of methoxy groups -OCH3 is 2. The maximum absolute atomic E-state index is 13.2. The maximum Gasteiger partial charge on any atom is 0.254 e. The van der Waals surface area contributed by atoms with Crippen molar-refractivity contribution in [2.75, 3.05) is 27.3 Å². The summed E-state index contributed by atoms with van der Waals surface area (Å²) in [4.78, 5) is 14.9. The lowest BCUT2D eigenvalue weighted by Gasteiger charge is -2.25. The molecule has 1 aliphatic heterocycles. The third kappa shape index (κ3) is 3.98. The number of carbonyl (C=O) groups is 1. The molecule has 138 valence electrons. The van der Waals surface area contributed by atoms with E-state index in [0.29, 0.717) is 23.6 Å². The fourth-order valence-corrected chi connectivity index (χ4v) is 3.49. The Labute approximate surface area is 153 Å². The first-order chi connectivity index (χ1) is 12.6. The van der Waals surface area contributed by atoms with Gasteiger partial charge < -0.3 is 14.4 Å². The Hall–Kier alpha value is -2.56. The van der Waals surface area contributed by atoms with Gasteiger partial charge in [-0.2, -0.15) is 0 Å². The van der Waals surface area contributed by atoms with Gasteiger partial charge in [0, 0.05) is 24.6 Å². The number of halogens is 1. The van der Waals surface area contributed by atoms with Crippen molar-refractivity contribution in [2.24, 2.45) is 0 Å². The monoisotopic (exact) mass is 357 g/mol. The van der Waals surface area contributed by atoms with Crippen molar-refractivity contribution in [1.82, 2.24) is 4.90 Å². The summed E-state index contributed by atoms with van der Waals surface area (Å²) in [5, 5.41) is 0. The van der Waals surface area contributed by atoms with Crippen LogP contribution < -0.4 is 9.47 Å². The van der Waals surface area contributed by atoms with Gasteiger partial charge in [-0.1, -0.05) is 18.6 Å². The quantitative estimate of drug-likeness (QED) is 0.821. The standard InChI is InChI=1S/C21H24FNO3/c1-25-19-11-8-16(13-20(19)26-2)21(24)23-12-4-3-5-17(14-23)15-6-9-18(22)10-7-15/h6-11,13,17H,3-5,12,14H2,1-2H3. The van der Waals surface area contributed by atoms with Crippen molar-refractivity contribution in [3.05, 3.63) is 59.4 Å². The summed E-state index contributed by atoms with van der Waals surface area (Å²) in [6, 6.07) is 11.9. The number of rotatable bonds is 4. The largest absolute Gasteiger partial charge is 0.493 e. The first-order valence-corrected chi connectivity index (χ1v) is 8.89. The minimum absolute atomic E-state index is 0.0139. The van der Waals surface area contributed by atoms with E-state index in [1.54, 1.807) is 32.4 Å². The van der Waals surface area contributed by atoms with E-state index in [1.807, 2.05) is 17.0 Å². The predicted molar refractivity (Wildman–Crippen MR) is 98.4 cm³/mol. The number of hydrogen-bond acceptors (Lipinski definition) is 3. The van der Waals surface area contributed by atoms with Crippen LogP contribution in [0.2, 0.25) is 0 Å². The fourth-order valence-electron chi connectivity index (χ4n) is 3.49. The second-order valence-corrected chi connectivity index (χ2v) is 6.57. The average molecular weight is 357 g/mol. The Bertz CT molecular complexity index is 760. The summed E-state index contributed by atoms with van der Waals surface area (Å²) in [6.07, 6.45) is 3.02. The molecule has 0 aliphatic carbocycles. The molecule has 1 fully saturated rings. The minimum atomic E-state index is -0.236. The molecule has 0 spiro atoms. The third-order valence-electron chi connectivity index (χ3n) is 4.93. The molecule has 0 bridgehead atoms. The van der Waals surface area contributed by atoms with E-state index in [0.717, 1.165) is 31.4 Å². The molecule has 0 saturated carbocycles. The second-order valence-electron chi connectivity index (χ2n) is 6.57. The van der Waals surface area contributed by atoms with Crippen LogP contribution in [-0.2, 0) is 0 Å². The summed E-state index contributed by atoms with van der Waals surface area (Å²) in [5.74, 6) is 1.12. The highest BCUT2D eigenvalue weighted by molar-refractivity contribution is 5.95. The molecule has 1 aliphatic rings. The van der Waals surface area contributed by atoms with E-state index >= 15 is 0 Å². The van der Waals surface area contributed by atoms with E-state index in [9.17, 15) is 9.18 Å². The van der Waals surface area contributed by atoms with Gasteiger partial charge in [0.15, 0.2) is 11.5 Å². The summed E-state index contributed by atoms with van der Waals surface area (Å²) in [5.41, 5.74) is 1.67. The molecule has 2 aromatic carbocycles. The van der Waals surface area contributed by atoms with Crippen molar-refractivity contribution in [3.8, 4) is 11.5 Å². The maximum atomic E-state index is 13.2. The van der Waals surface area contributed by atoms with Gasteiger partial charge in [0.1, 0.15) is 5.82 Å². The Kier molecular flexibility index (Phi) is 5.76. The summed E-state index contributed by atoms with van der Waals surface area (Å²) < 4.78 is 23.8. The molecule has 2 aromatic rings. The first-order valence-electron chi connectivity index (χ1n) is 8.89. The van der Waals surface area contributed by atoms with Crippen LogP contribution >= 0.6 is 0 Å². The van der Waals surface area contributed by atoms with Gasteiger partial charge in [-0.05, 0) is 48.7 Å². The normalized spacial score (nSPS) is 17.5. The van der Waals surface area contributed by atoms with Gasteiger partial charge in [-0.15, -0.1) is 0 Å². The highest BCUT2D eigenvalue weighted by Crippen LogP contribution is 2.30. The zero-order chi connectivity index (χ0) is 18.5. The molecule has 4 nitrogen and oxygen atoms in total. The molecule has 0 N–H and O–H groups in total. The molecule has 1 unspecified atom stereocenters. The molecule has 1 amide bonds. The Morgan fingerprint density at radius 1 is 1.04 bits per heavy atom. The number of nitrogens with zero attached hydrogens (tertiary/aromatic N) is 1. The molecule has 1 saturated heterocycles. The van der Waals surface area contributed by atoms with Crippen LogP contribution in [0.15, 0.2) is 42.5 Å². The molecule has 1 heterocycles. The highest BCUT2D eigenvalue weighted by Gasteiger charge is 2.24. The van der Waals surface area contributed by atoms with Gasteiger partial charge in [-0.3, -0.25) is 4.79 Å². The van der Waals surface area contributed by atoms with Gasteiger partial charge in [0.2, 0.25) is 0 Å². The van der Waals surface area contributed by atoms with Crippen LogP contribution in [0.1, 0.15) is 41.1 Å². The SMILES string of the molecule is COc1ccc(C(=O)N2CCCCC(c3ccc(F)cc3)C2)cc1OC. The second kappa shape index (κ2) is 8.21. The zero-order valence-corrected chi connectivity index (χ0v) is 15.2. The number of likely N-dealkylation sites (tertiary alicyclic amines) is 1. The first kappa shape index (κ1) is 18.2. The lowest BCUT2D eigenvalue weighted by atomic mass is 9.94. The lowest BCUT2D eigenvalue weighted by molar-refractivity contribution is 0.0754. The highest BCUT2D eigenvalue weighted by atomic mass is 19.1. The van der Waals surface area contributed by atoms with Crippen molar-refractivity contribution < 1.29 is 18.7 Å². The van der Waals surface area contributed by atoms with Crippen molar-refractivity contribution in [2.45, 2.75) is 25.2 Å². The van der Waals surface area contributed by atoms with Crippen LogP contribution in [0.5, 0.6) is 11.5 Å². The average Bonchev–Trinajstić information content (AvgIpc) is 2.93. The van der Waals surface area contributed by atoms with Crippen molar-refractivity contribution >= 4 is 5.91 Å². The van der Waals surface area contributed by atoms with Crippen LogP contribution in [0.4, 0.5) is 4.39 Å². The summed E-state index contributed by atoms with van der Waals surface area (Å²) in [6.45, 7) is 1.36. The Morgan fingerprint density at radius 3 is 2.46 bits per heavy atom. The van der Waals surface area contributed by atoms with E-state index in [-0.39, 0.29) is 17.6 Å². The Balaban J connectivity index is 1.80. The van der Waals surface area contributed by atoms with Gasteiger partial charge >= 0.3 is 0 Å². The minimum Gasteiger partial charge on any atom is -0.493 e. The zero-order valence-electron chi connectivity index (χ0n) is 15.2. The van der Waals surface area contributed by atoms with E-state index in [4.69, 9.17) is 9.47 Å². The number of amides is 1. The molecule has 5 heteroatoms. The molecular weight excluding hydrogens is 333 g/mol. The third-order valence-corrected chi connectivity index (χ3v) is 4.93. The van der Waals surface area contributed by atoms with E-state index < -0.39 is 0 Å². The molecule has 1 atom stereocenters. The number of ether oxygens (including phenoxy) is 2. The van der Waals surface area contributed by atoms with Crippen LogP contribution in [0.25, 0.3) is 0 Å². The topological polar surface area (TPSA) is 38.8 Å². The molecule has 0 radical (unpaired) electrons. The molecular formula is C21H24FNO3. The fraction of sp³-hybridized carbons (Fsp3) is 0.381. The van der Waals surface area contributed by atoms with Gasteiger partial charge in [0.05, 0.1) is 14.2 Å². The van der Waals surface area contributed by atoms with Crippen LogP contribution in [-0.4, -0.2) is 38.1 Å². The summed E-state index contributed by atoms with van der Waals surface area (Å²) in [7, 11) is 3.13. The van der Waals surface area contributed by atoms with Crippen LogP contribution in [0.3, 0.4) is 0 Å². The van der Waals surface area contributed by atoms with Crippen LogP contribution in [0, 0.1) is 5.82 Å². The number of benzene rings is 2. The van der Waals surface area contributed by atoms with E-state index in [1.165, 1.54) is 12.1 Å². The predicted octanol–water partition coefficient (Wildman–Crippen LogP) is 4.25. The number of carbonyl (C=O) groups excluding carboxylic acids is 1. The van der Waals surface area contributed by atoms with Crippen molar-refractivity contribution in [1.29, 1.82) is 0 Å². The Morgan fingerprint density at radius 2 is 1.77 bits per heavy atom. The smallest absolute Gasteiger partial charge is 0.254 e. The summed E-state index contributed by atoms with van der Waals surface area (Å²) >= 11 is 0.